The van der Waals surface area contributed by atoms with E-state index in [-0.39, 0.29) is 0 Å². The zero-order valence-electron chi connectivity index (χ0n) is 10.4. The molecular formula is C11H20ClN3O3. The first-order chi connectivity index (χ1) is 8.74. The zero-order chi connectivity index (χ0) is 13.2. The van der Waals surface area contributed by atoms with E-state index in [1.807, 2.05) is 0 Å². The van der Waals surface area contributed by atoms with Crippen LogP contribution in [0.5, 0.6) is 0 Å². The Hall–Kier alpha value is -0.850. The summed E-state index contributed by atoms with van der Waals surface area (Å²) in [5, 5.41) is 4.99. The highest BCUT2D eigenvalue weighted by Gasteiger charge is 2.12. The predicted molar refractivity (Wildman–Crippen MR) is 68.6 cm³/mol. The number of morpholine rings is 1. The molecule has 1 rings (SSSR count). The summed E-state index contributed by atoms with van der Waals surface area (Å²) in [5.41, 5.74) is 0. The van der Waals surface area contributed by atoms with Crippen molar-refractivity contribution in [1.82, 2.24) is 15.5 Å². The van der Waals surface area contributed by atoms with Gasteiger partial charge in [0, 0.05) is 32.1 Å². The molecule has 0 bridgehead atoms. The van der Waals surface area contributed by atoms with Crippen LogP contribution in [0.3, 0.4) is 0 Å². The van der Waals surface area contributed by atoms with Gasteiger partial charge in [-0.05, 0) is 13.0 Å². The van der Waals surface area contributed by atoms with E-state index in [2.05, 4.69) is 15.5 Å². The molecule has 0 spiro atoms. The summed E-state index contributed by atoms with van der Waals surface area (Å²) in [6.45, 7) is 5.13. The Morgan fingerprint density at radius 3 is 2.33 bits per heavy atom. The van der Waals surface area contributed by atoms with Crippen molar-refractivity contribution in [3.05, 3.63) is 0 Å². The first kappa shape index (κ1) is 15.2. The number of amides is 2. The maximum atomic E-state index is 11.3. The molecule has 0 aliphatic carbocycles. The minimum atomic E-state index is -0.623. The summed E-state index contributed by atoms with van der Waals surface area (Å²) in [6, 6.07) is 0. The number of hydrogen-bond donors (Lipinski definition) is 2. The first-order valence-electron chi connectivity index (χ1n) is 6.16. The number of alkyl halides is 1. The fourth-order valence-electron chi connectivity index (χ4n) is 1.65. The van der Waals surface area contributed by atoms with Crippen LogP contribution < -0.4 is 10.6 Å². The minimum Gasteiger partial charge on any atom is -0.379 e. The topological polar surface area (TPSA) is 70.7 Å². The molecule has 104 valence electrons. The molecule has 2 amide bonds. The van der Waals surface area contributed by atoms with E-state index in [1.54, 1.807) is 0 Å². The smallest absolute Gasteiger partial charge is 0.309 e. The molecule has 1 aliphatic heterocycles. The van der Waals surface area contributed by atoms with Crippen LogP contribution in [0, 0.1) is 0 Å². The average Bonchev–Trinajstić information content (AvgIpc) is 2.41. The molecule has 0 aromatic carbocycles. The van der Waals surface area contributed by atoms with Crippen molar-refractivity contribution in [2.75, 3.05) is 51.8 Å². The lowest BCUT2D eigenvalue weighted by molar-refractivity contribution is -0.139. The van der Waals surface area contributed by atoms with Crippen molar-refractivity contribution in [2.24, 2.45) is 0 Å². The van der Waals surface area contributed by atoms with Crippen LogP contribution in [-0.2, 0) is 14.3 Å². The van der Waals surface area contributed by atoms with Gasteiger partial charge in [-0.25, -0.2) is 0 Å². The lowest BCUT2D eigenvalue weighted by Crippen LogP contribution is -2.42. The third-order valence-corrected chi connectivity index (χ3v) is 2.82. The van der Waals surface area contributed by atoms with Gasteiger partial charge in [0.05, 0.1) is 13.2 Å². The minimum absolute atomic E-state index is 0.302. The van der Waals surface area contributed by atoms with Crippen molar-refractivity contribution in [3.63, 3.8) is 0 Å². The van der Waals surface area contributed by atoms with E-state index in [0.29, 0.717) is 19.0 Å². The van der Waals surface area contributed by atoms with Crippen LogP contribution in [0.25, 0.3) is 0 Å². The van der Waals surface area contributed by atoms with Crippen LogP contribution in [0.4, 0.5) is 0 Å². The van der Waals surface area contributed by atoms with Crippen molar-refractivity contribution < 1.29 is 14.3 Å². The third-order valence-electron chi connectivity index (χ3n) is 2.63. The highest BCUT2D eigenvalue weighted by atomic mass is 35.5. The van der Waals surface area contributed by atoms with Gasteiger partial charge >= 0.3 is 11.8 Å². The molecule has 0 atom stereocenters. The van der Waals surface area contributed by atoms with Gasteiger partial charge in [0.15, 0.2) is 0 Å². The zero-order valence-corrected chi connectivity index (χ0v) is 11.2. The number of rotatable bonds is 6. The normalized spacial score (nSPS) is 16.3. The third kappa shape index (κ3) is 6.18. The highest BCUT2D eigenvalue weighted by Crippen LogP contribution is 1.97. The van der Waals surface area contributed by atoms with Crippen LogP contribution >= 0.6 is 11.6 Å². The molecular weight excluding hydrogens is 258 g/mol. The molecule has 0 saturated carbocycles. The second-order valence-electron chi connectivity index (χ2n) is 4.01. The van der Waals surface area contributed by atoms with Gasteiger partial charge in [0.25, 0.3) is 0 Å². The predicted octanol–water partition coefficient (Wildman–Crippen LogP) is -0.820. The van der Waals surface area contributed by atoms with Gasteiger partial charge in [-0.15, -0.1) is 11.6 Å². The molecule has 6 nitrogen and oxygen atoms in total. The van der Waals surface area contributed by atoms with Gasteiger partial charge < -0.3 is 15.4 Å². The maximum absolute atomic E-state index is 11.3. The van der Waals surface area contributed by atoms with E-state index in [1.165, 1.54) is 0 Å². The molecule has 2 N–H and O–H groups in total. The van der Waals surface area contributed by atoms with Gasteiger partial charge in [0.1, 0.15) is 0 Å². The maximum Gasteiger partial charge on any atom is 0.309 e. The molecule has 0 aromatic heterocycles. The molecule has 1 fully saturated rings. The number of nitrogens with one attached hydrogen (secondary N) is 2. The van der Waals surface area contributed by atoms with Crippen LogP contribution in [0.2, 0.25) is 0 Å². The van der Waals surface area contributed by atoms with Gasteiger partial charge in [-0.1, -0.05) is 0 Å². The lowest BCUT2D eigenvalue weighted by Gasteiger charge is -2.26. The fourth-order valence-corrected chi connectivity index (χ4v) is 1.75. The van der Waals surface area contributed by atoms with E-state index in [4.69, 9.17) is 16.3 Å². The summed E-state index contributed by atoms with van der Waals surface area (Å²) >= 11 is 5.40. The van der Waals surface area contributed by atoms with Crippen LogP contribution in [-0.4, -0.2) is 68.5 Å². The van der Waals surface area contributed by atoms with E-state index in [9.17, 15) is 9.59 Å². The standard InChI is InChI=1S/C11H20ClN3O3/c12-2-4-14-11(17)10(16)13-3-1-5-15-6-8-18-9-7-15/h1-9H2,(H,13,16)(H,14,17). The molecule has 1 heterocycles. The summed E-state index contributed by atoms with van der Waals surface area (Å²) < 4.78 is 5.24. The molecule has 1 aliphatic rings. The largest absolute Gasteiger partial charge is 0.379 e. The van der Waals surface area contributed by atoms with Crippen molar-refractivity contribution >= 4 is 23.4 Å². The second-order valence-corrected chi connectivity index (χ2v) is 4.39. The number of carbonyl (C=O) groups is 2. The fraction of sp³-hybridized carbons (Fsp3) is 0.818. The molecule has 18 heavy (non-hydrogen) atoms. The highest BCUT2D eigenvalue weighted by molar-refractivity contribution is 6.35. The number of ether oxygens (including phenoxy) is 1. The molecule has 0 radical (unpaired) electrons. The number of hydrogen-bond acceptors (Lipinski definition) is 4. The van der Waals surface area contributed by atoms with E-state index >= 15 is 0 Å². The molecule has 0 unspecified atom stereocenters. The first-order valence-corrected chi connectivity index (χ1v) is 6.69. The van der Waals surface area contributed by atoms with Gasteiger partial charge in [-0.3, -0.25) is 14.5 Å². The SMILES string of the molecule is O=C(NCCCl)C(=O)NCCCN1CCOCC1. The van der Waals surface area contributed by atoms with Gasteiger partial charge in [0.2, 0.25) is 0 Å². The summed E-state index contributed by atoms with van der Waals surface area (Å²) in [7, 11) is 0. The Balaban J connectivity index is 2.02. The van der Waals surface area contributed by atoms with E-state index in [0.717, 1.165) is 39.3 Å². The summed E-state index contributed by atoms with van der Waals surface area (Å²) in [6.07, 6.45) is 0.828. The Morgan fingerprint density at radius 1 is 1.11 bits per heavy atom. The molecule has 0 aromatic rings. The number of halogens is 1. The van der Waals surface area contributed by atoms with Crippen molar-refractivity contribution in [1.29, 1.82) is 0 Å². The van der Waals surface area contributed by atoms with Gasteiger partial charge in [-0.2, -0.15) is 0 Å². The van der Waals surface area contributed by atoms with Crippen LogP contribution in [0.15, 0.2) is 0 Å². The summed E-state index contributed by atoms with van der Waals surface area (Å²) in [5.74, 6) is -0.917. The van der Waals surface area contributed by atoms with Crippen molar-refractivity contribution in [3.8, 4) is 0 Å². The monoisotopic (exact) mass is 277 g/mol. The van der Waals surface area contributed by atoms with Crippen LogP contribution in [0.1, 0.15) is 6.42 Å². The van der Waals surface area contributed by atoms with E-state index < -0.39 is 11.8 Å². The number of carbonyl (C=O) groups excluding carboxylic acids is 2. The van der Waals surface area contributed by atoms with Crippen molar-refractivity contribution in [2.45, 2.75) is 6.42 Å². The summed E-state index contributed by atoms with van der Waals surface area (Å²) in [4.78, 5) is 24.8. The Labute approximate surface area is 112 Å². The number of nitrogens with zero attached hydrogens (tertiary/aromatic N) is 1. The Kier molecular flexibility index (Phi) is 7.71. The Bertz CT molecular complexity index is 270. The lowest BCUT2D eigenvalue weighted by atomic mass is 10.3. The average molecular weight is 278 g/mol. The Morgan fingerprint density at radius 2 is 1.72 bits per heavy atom. The second kappa shape index (κ2) is 9.13. The molecule has 7 heteroatoms. The molecule has 1 saturated heterocycles. The quantitative estimate of drug-likeness (QED) is 0.378.